The molecule has 0 bridgehead atoms. The van der Waals surface area contributed by atoms with Gasteiger partial charge in [0.25, 0.3) is 5.91 Å². The van der Waals surface area contributed by atoms with E-state index in [-0.39, 0.29) is 11.6 Å². The molecule has 1 aliphatic carbocycles. The Kier molecular flexibility index (Phi) is 4.99. The molecule has 4 aromatic rings. The number of carbonyl (C=O) groups is 1. The largest absolute Gasteiger partial charge is 0.312 e. The molecule has 3 aromatic heterocycles. The van der Waals surface area contributed by atoms with Crippen LogP contribution in [0.25, 0.3) is 17.2 Å². The molecule has 0 radical (unpaired) electrons. The highest BCUT2D eigenvalue weighted by Gasteiger charge is 2.27. The second kappa shape index (κ2) is 8.20. The van der Waals surface area contributed by atoms with Gasteiger partial charge in [0.2, 0.25) is 0 Å². The predicted octanol–water partition coefficient (Wildman–Crippen LogP) is 4.83. The topological polar surface area (TPSA) is 77.6 Å². The van der Waals surface area contributed by atoms with E-state index in [1.807, 2.05) is 34.5 Å². The Labute approximate surface area is 202 Å². The lowest BCUT2D eigenvalue weighted by atomic mass is 10.1. The molecular formula is C27H23FN6O. The lowest BCUT2D eigenvalue weighted by molar-refractivity contribution is 0.102. The summed E-state index contributed by atoms with van der Waals surface area (Å²) in [5.41, 5.74) is 4.05. The number of fused-ring (bicyclic) bond motifs is 1. The van der Waals surface area contributed by atoms with Crippen LogP contribution in [0.2, 0.25) is 0 Å². The minimum Gasteiger partial charge on any atom is -0.312 e. The van der Waals surface area contributed by atoms with Crippen LogP contribution in [0, 0.1) is 25.1 Å². The maximum Gasteiger partial charge on any atom is 0.259 e. The number of benzene rings is 1. The highest BCUT2D eigenvalue weighted by atomic mass is 19.1. The van der Waals surface area contributed by atoms with E-state index in [1.54, 1.807) is 24.5 Å². The first kappa shape index (κ1) is 21.3. The summed E-state index contributed by atoms with van der Waals surface area (Å²) in [6.45, 7) is 1.81. The summed E-state index contributed by atoms with van der Waals surface area (Å²) < 4.78 is 18.7. The molecular weight excluding hydrogens is 443 g/mol. The number of hydrogen-bond donors (Lipinski definition) is 1. The quantitative estimate of drug-likeness (QED) is 0.428. The number of aromatic nitrogens is 5. The third-order valence-corrected chi connectivity index (χ3v) is 6.68. The lowest BCUT2D eigenvalue weighted by Gasteiger charge is -2.13. The number of carbonyl (C=O) groups excluding carboxylic acids is 1. The SMILES string of the molecule is C#C[C@@H]1CCc2cnc(-c3cccc(NC(=O)c4cc(-n5cnc(C6CC6)c5)c(C)cc4F)n3)n21. The van der Waals surface area contributed by atoms with Crippen LogP contribution < -0.4 is 5.32 Å². The summed E-state index contributed by atoms with van der Waals surface area (Å²) in [7, 11) is 0. The second-order valence-corrected chi connectivity index (χ2v) is 9.13. The Hall–Kier alpha value is -4.25. The van der Waals surface area contributed by atoms with E-state index in [0.717, 1.165) is 42.6 Å². The number of anilines is 1. The van der Waals surface area contributed by atoms with Gasteiger partial charge in [-0.05, 0) is 62.4 Å². The smallest absolute Gasteiger partial charge is 0.259 e. The lowest BCUT2D eigenvalue weighted by Crippen LogP contribution is -2.16. The first-order valence-electron chi connectivity index (χ1n) is 11.7. The van der Waals surface area contributed by atoms with Crippen LogP contribution in [0.5, 0.6) is 0 Å². The van der Waals surface area contributed by atoms with E-state index in [2.05, 4.69) is 26.2 Å². The maximum absolute atomic E-state index is 14.8. The van der Waals surface area contributed by atoms with Crippen molar-refractivity contribution < 1.29 is 9.18 Å². The molecule has 4 heterocycles. The predicted molar refractivity (Wildman–Crippen MR) is 130 cm³/mol. The first-order valence-corrected chi connectivity index (χ1v) is 11.7. The van der Waals surface area contributed by atoms with Crippen LogP contribution in [-0.4, -0.2) is 30.0 Å². The van der Waals surface area contributed by atoms with E-state index in [0.29, 0.717) is 28.9 Å². The van der Waals surface area contributed by atoms with Crippen LogP contribution in [0.3, 0.4) is 0 Å². The molecule has 0 unspecified atom stereocenters. The van der Waals surface area contributed by atoms with Gasteiger partial charge in [-0.25, -0.2) is 19.3 Å². The highest BCUT2D eigenvalue weighted by molar-refractivity contribution is 6.04. The number of hydrogen-bond acceptors (Lipinski definition) is 4. The molecule has 1 atom stereocenters. The molecule has 1 aliphatic heterocycles. The summed E-state index contributed by atoms with van der Waals surface area (Å²) in [4.78, 5) is 26.6. The minimum atomic E-state index is -0.592. The van der Waals surface area contributed by atoms with Crippen LogP contribution in [0.1, 0.15) is 58.5 Å². The van der Waals surface area contributed by atoms with Gasteiger partial charge in [-0.2, -0.15) is 0 Å². The number of pyridine rings is 1. The van der Waals surface area contributed by atoms with Crippen LogP contribution in [0.15, 0.2) is 49.1 Å². The van der Waals surface area contributed by atoms with Crippen molar-refractivity contribution in [1.29, 1.82) is 0 Å². The fourth-order valence-electron chi connectivity index (χ4n) is 4.68. The van der Waals surface area contributed by atoms with E-state index in [1.165, 1.54) is 6.07 Å². The molecule has 35 heavy (non-hydrogen) atoms. The maximum atomic E-state index is 14.8. The Bertz CT molecular complexity index is 1510. The van der Waals surface area contributed by atoms with Gasteiger partial charge >= 0.3 is 0 Å². The van der Waals surface area contributed by atoms with E-state index in [4.69, 9.17) is 6.42 Å². The van der Waals surface area contributed by atoms with Crippen LogP contribution in [0.4, 0.5) is 10.2 Å². The van der Waals surface area contributed by atoms with Crippen molar-refractivity contribution in [2.45, 2.75) is 44.6 Å². The second-order valence-electron chi connectivity index (χ2n) is 9.13. The van der Waals surface area contributed by atoms with Gasteiger partial charge in [0, 0.05) is 24.0 Å². The van der Waals surface area contributed by atoms with Crippen molar-refractivity contribution >= 4 is 11.7 Å². The van der Waals surface area contributed by atoms with Gasteiger partial charge in [-0.15, -0.1) is 6.42 Å². The Morgan fingerprint density at radius 3 is 2.89 bits per heavy atom. The molecule has 7 nitrogen and oxygen atoms in total. The fourth-order valence-corrected chi connectivity index (χ4v) is 4.68. The normalized spacial score (nSPS) is 16.7. The molecule has 0 saturated heterocycles. The van der Waals surface area contributed by atoms with Crippen molar-refractivity contribution in [2.24, 2.45) is 0 Å². The third kappa shape index (κ3) is 3.79. The minimum absolute atomic E-state index is 0.0615. The molecule has 1 fully saturated rings. The monoisotopic (exact) mass is 466 g/mol. The van der Waals surface area contributed by atoms with Gasteiger partial charge in [0.1, 0.15) is 17.3 Å². The van der Waals surface area contributed by atoms with E-state index < -0.39 is 11.7 Å². The summed E-state index contributed by atoms with van der Waals surface area (Å²) >= 11 is 0. The number of amides is 1. The number of terminal acetylenes is 1. The summed E-state index contributed by atoms with van der Waals surface area (Å²) in [5, 5.41) is 2.73. The number of halogens is 1. The zero-order chi connectivity index (χ0) is 24.1. The van der Waals surface area contributed by atoms with Crippen LogP contribution in [-0.2, 0) is 6.42 Å². The van der Waals surface area contributed by atoms with Gasteiger partial charge in [-0.1, -0.05) is 12.0 Å². The summed E-state index contributed by atoms with van der Waals surface area (Å²) in [6.07, 6.45) is 15.2. The Morgan fingerprint density at radius 1 is 1.23 bits per heavy atom. The third-order valence-electron chi connectivity index (χ3n) is 6.68. The molecule has 1 amide bonds. The molecule has 174 valence electrons. The number of nitrogens with zero attached hydrogens (tertiary/aromatic N) is 5. The van der Waals surface area contributed by atoms with Gasteiger partial charge in [0.15, 0.2) is 5.82 Å². The molecule has 1 N–H and O–H groups in total. The molecule has 8 heteroatoms. The Balaban J connectivity index is 1.28. The van der Waals surface area contributed by atoms with Crippen LogP contribution >= 0.6 is 0 Å². The average Bonchev–Trinajstić information content (AvgIpc) is 3.25. The zero-order valence-corrected chi connectivity index (χ0v) is 19.2. The zero-order valence-electron chi connectivity index (χ0n) is 19.2. The molecule has 0 spiro atoms. The average molecular weight is 467 g/mol. The van der Waals surface area contributed by atoms with E-state index >= 15 is 0 Å². The Morgan fingerprint density at radius 2 is 2.09 bits per heavy atom. The summed E-state index contributed by atoms with van der Waals surface area (Å²) in [5.74, 6) is 3.10. The fraction of sp³-hybridized carbons (Fsp3) is 0.259. The van der Waals surface area contributed by atoms with Crippen molar-refractivity contribution in [3.05, 3.63) is 77.4 Å². The van der Waals surface area contributed by atoms with Crippen molar-refractivity contribution in [3.8, 4) is 29.5 Å². The number of aryl methyl sites for hydroxylation is 2. The molecule has 2 aliphatic rings. The van der Waals surface area contributed by atoms with Crippen molar-refractivity contribution in [2.75, 3.05) is 5.32 Å². The molecule has 6 rings (SSSR count). The summed E-state index contributed by atoms with van der Waals surface area (Å²) in [6, 6.07) is 8.13. The van der Waals surface area contributed by atoms with Gasteiger partial charge < -0.3 is 14.5 Å². The van der Waals surface area contributed by atoms with E-state index in [9.17, 15) is 9.18 Å². The highest BCUT2D eigenvalue weighted by Crippen LogP contribution is 2.39. The van der Waals surface area contributed by atoms with Crippen molar-refractivity contribution in [1.82, 2.24) is 24.1 Å². The standard InChI is InChI=1S/C27H23FN6O/c1-3-18-9-10-19-13-29-26(34(18)19)22-5-4-6-25(31-22)32-27(35)20-12-24(16(2)11-21(20)28)33-14-23(30-15-33)17-7-8-17/h1,4-6,11-15,17-18H,7-10H2,2H3,(H,31,32,35)/t18-/m1/s1. The van der Waals surface area contributed by atoms with Gasteiger partial charge in [0.05, 0.1) is 29.3 Å². The number of nitrogens with one attached hydrogen (secondary N) is 1. The van der Waals surface area contributed by atoms with Gasteiger partial charge in [-0.3, -0.25) is 4.79 Å². The van der Waals surface area contributed by atoms with Crippen molar-refractivity contribution in [3.63, 3.8) is 0 Å². The number of imidazole rings is 2. The number of rotatable bonds is 5. The molecule has 1 aromatic carbocycles. The first-order chi connectivity index (χ1) is 17.0. The molecule has 1 saturated carbocycles.